The van der Waals surface area contributed by atoms with Gasteiger partial charge in [0.2, 0.25) is 0 Å². The number of carbonyl (C=O) groups is 2. The molecule has 4 aromatic rings. The van der Waals surface area contributed by atoms with E-state index in [0.717, 1.165) is 5.56 Å². The van der Waals surface area contributed by atoms with E-state index in [0.29, 0.717) is 26.5 Å². The SMILES string of the molecule is CC(C)(NC(=O)c1cc2c(NC(=O)c3ccncc3)[nH]nc2s1)c1ccccc1. The molecule has 0 aliphatic rings. The second-order valence-corrected chi connectivity index (χ2v) is 8.09. The molecule has 8 heteroatoms. The molecule has 1 aromatic carbocycles. The van der Waals surface area contributed by atoms with Gasteiger partial charge >= 0.3 is 0 Å². The fraction of sp³-hybridized carbons (Fsp3) is 0.143. The van der Waals surface area contributed by atoms with Gasteiger partial charge in [-0.2, -0.15) is 5.10 Å². The Kier molecular flexibility index (Phi) is 4.85. The topological polar surface area (TPSA) is 99.8 Å². The number of nitrogens with zero attached hydrogens (tertiary/aromatic N) is 2. The molecule has 2 amide bonds. The van der Waals surface area contributed by atoms with E-state index in [1.807, 2.05) is 44.2 Å². The number of amides is 2. The number of fused-ring (bicyclic) bond motifs is 1. The standard InChI is InChI=1S/C21H19N5O2S/c1-21(2,14-6-4-3-5-7-14)24-19(28)16-12-15-17(25-26-20(15)29-16)23-18(27)13-8-10-22-11-9-13/h3-12H,1-2H3,(H,24,28)(H2,23,25,26,27). The Morgan fingerprint density at radius 3 is 2.48 bits per heavy atom. The normalized spacial score (nSPS) is 11.4. The number of hydrogen-bond acceptors (Lipinski definition) is 5. The fourth-order valence-corrected chi connectivity index (χ4v) is 3.87. The van der Waals surface area contributed by atoms with Gasteiger partial charge in [-0.3, -0.25) is 19.7 Å². The first-order valence-electron chi connectivity index (χ1n) is 9.01. The predicted molar refractivity (Wildman–Crippen MR) is 113 cm³/mol. The minimum Gasteiger partial charge on any atom is -0.342 e. The van der Waals surface area contributed by atoms with Crippen LogP contribution in [0.15, 0.2) is 60.9 Å². The number of benzene rings is 1. The van der Waals surface area contributed by atoms with E-state index in [1.165, 1.54) is 11.3 Å². The largest absolute Gasteiger partial charge is 0.342 e. The van der Waals surface area contributed by atoms with Crippen molar-refractivity contribution in [2.75, 3.05) is 5.32 Å². The van der Waals surface area contributed by atoms with Gasteiger partial charge in [0.25, 0.3) is 11.8 Å². The van der Waals surface area contributed by atoms with Gasteiger partial charge < -0.3 is 10.6 Å². The molecule has 7 nitrogen and oxygen atoms in total. The molecule has 0 spiro atoms. The highest BCUT2D eigenvalue weighted by molar-refractivity contribution is 7.20. The lowest BCUT2D eigenvalue weighted by atomic mass is 9.94. The Bertz CT molecular complexity index is 1170. The van der Waals surface area contributed by atoms with Crippen LogP contribution in [0.1, 0.15) is 39.4 Å². The molecule has 0 aliphatic carbocycles. The fourth-order valence-electron chi connectivity index (χ4n) is 2.98. The van der Waals surface area contributed by atoms with Crippen LogP contribution in [-0.4, -0.2) is 27.0 Å². The summed E-state index contributed by atoms with van der Waals surface area (Å²) in [6, 6.07) is 14.8. The molecule has 0 saturated heterocycles. The van der Waals surface area contributed by atoms with Crippen molar-refractivity contribution in [1.82, 2.24) is 20.5 Å². The average molecular weight is 405 g/mol. The zero-order valence-electron chi connectivity index (χ0n) is 15.9. The van der Waals surface area contributed by atoms with E-state index >= 15 is 0 Å². The molecule has 0 atom stereocenters. The lowest BCUT2D eigenvalue weighted by Crippen LogP contribution is -2.40. The maximum absolute atomic E-state index is 12.8. The summed E-state index contributed by atoms with van der Waals surface area (Å²) in [6.45, 7) is 3.92. The van der Waals surface area contributed by atoms with Crippen molar-refractivity contribution in [2.24, 2.45) is 0 Å². The predicted octanol–water partition coefficient (Wildman–Crippen LogP) is 3.94. The van der Waals surface area contributed by atoms with E-state index in [-0.39, 0.29) is 11.8 Å². The Hall–Kier alpha value is -3.52. The molecule has 29 heavy (non-hydrogen) atoms. The molecule has 0 fully saturated rings. The van der Waals surface area contributed by atoms with E-state index in [4.69, 9.17) is 0 Å². The third-order valence-corrected chi connectivity index (χ3v) is 5.61. The van der Waals surface area contributed by atoms with Crippen LogP contribution in [0.5, 0.6) is 0 Å². The first-order valence-corrected chi connectivity index (χ1v) is 9.83. The van der Waals surface area contributed by atoms with Crippen LogP contribution < -0.4 is 10.6 Å². The number of aromatic amines is 1. The third kappa shape index (κ3) is 3.88. The van der Waals surface area contributed by atoms with Gasteiger partial charge in [-0.1, -0.05) is 30.3 Å². The number of rotatable bonds is 5. The molecule has 0 radical (unpaired) electrons. The summed E-state index contributed by atoms with van der Waals surface area (Å²) in [5.41, 5.74) is 0.978. The van der Waals surface area contributed by atoms with E-state index in [9.17, 15) is 9.59 Å². The molecule has 0 unspecified atom stereocenters. The van der Waals surface area contributed by atoms with Crippen molar-refractivity contribution in [1.29, 1.82) is 0 Å². The number of H-pyrrole nitrogens is 1. The molecule has 3 heterocycles. The monoisotopic (exact) mass is 405 g/mol. The minimum atomic E-state index is -0.524. The Morgan fingerprint density at radius 2 is 1.76 bits per heavy atom. The van der Waals surface area contributed by atoms with E-state index in [2.05, 4.69) is 25.8 Å². The number of aromatic nitrogens is 3. The number of nitrogens with one attached hydrogen (secondary N) is 3. The number of thiophene rings is 1. The van der Waals surface area contributed by atoms with Crippen molar-refractivity contribution in [2.45, 2.75) is 19.4 Å². The van der Waals surface area contributed by atoms with Crippen LogP contribution in [0.2, 0.25) is 0 Å². The van der Waals surface area contributed by atoms with Gasteiger partial charge in [-0.15, -0.1) is 11.3 Å². The Morgan fingerprint density at radius 1 is 1.03 bits per heavy atom. The van der Waals surface area contributed by atoms with Gasteiger partial charge in [0.15, 0.2) is 0 Å². The van der Waals surface area contributed by atoms with Gasteiger partial charge in [-0.25, -0.2) is 0 Å². The quantitative estimate of drug-likeness (QED) is 0.468. The summed E-state index contributed by atoms with van der Waals surface area (Å²) >= 11 is 1.27. The van der Waals surface area contributed by atoms with Crippen LogP contribution in [0, 0.1) is 0 Å². The van der Waals surface area contributed by atoms with Crippen LogP contribution in [0.25, 0.3) is 10.2 Å². The number of pyridine rings is 1. The van der Waals surface area contributed by atoms with Crippen LogP contribution in [0.4, 0.5) is 5.82 Å². The lowest BCUT2D eigenvalue weighted by molar-refractivity contribution is 0.0915. The number of anilines is 1. The summed E-state index contributed by atoms with van der Waals surface area (Å²) < 4.78 is 0. The molecule has 3 N–H and O–H groups in total. The average Bonchev–Trinajstić information content (AvgIpc) is 3.31. The zero-order valence-corrected chi connectivity index (χ0v) is 16.7. The summed E-state index contributed by atoms with van der Waals surface area (Å²) in [5, 5.41) is 13.6. The van der Waals surface area contributed by atoms with Gasteiger partial charge in [0.05, 0.1) is 15.8 Å². The lowest BCUT2D eigenvalue weighted by Gasteiger charge is -2.26. The van der Waals surface area contributed by atoms with Crippen molar-refractivity contribution in [3.63, 3.8) is 0 Å². The molecule has 3 aromatic heterocycles. The number of carbonyl (C=O) groups excluding carboxylic acids is 2. The molecular weight excluding hydrogens is 386 g/mol. The highest BCUT2D eigenvalue weighted by Crippen LogP contribution is 2.30. The Balaban J connectivity index is 1.54. The maximum Gasteiger partial charge on any atom is 0.262 e. The molecule has 0 aliphatic heterocycles. The van der Waals surface area contributed by atoms with Crippen molar-refractivity contribution < 1.29 is 9.59 Å². The van der Waals surface area contributed by atoms with E-state index in [1.54, 1.807) is 30.6 Å². The van der Waals surface area contributed by atoms with Crippen molar-refractivity contribution in [3.8, 4) is 0 Å². The molecule has 0 bridgehead atoms. The third-order valence-electron chi connectivity index (χ3n) is 4.58. The first kappa shape index (κ1) is 18.8. The van der Waals surface area contributed by atoms with Gasteiger partial charge in [-0.05, 0) is 37.6 Å². The summed E-state index contributed by atoms with van der Waals surface area (Å²) in [7, 11) is 0. The van der Waals surface area contributed by atoms with Crippen LogP contribution in [-0.2, 0) is 5.54 Å². The highest BCUT2D eigenvalue weighted by atomic mass is 32.1. The summed E-state index contributed by atoms with van der Waals surface area (Å²) in [6.07, 6.45) is 3.11. The molecule has 146 valence electrons. The second-order valence-electron chi connectivity index (χ2n) is 7.06. The smallest absolute Gasteiger partial charge is 0.262 e. The van der Waals surface area contributed by atoms with Crippen molar-refractivity contribution in [3.05, 3.63) is 76.9 Å². The molecule has 0 saturated carbocycles. The number of hydrogen-bond donors (Lipinski definition) is 3. The van der Waals surface area contributed by atoms with Crippen molar-refractivity contribution >= 4 is 39.2 Å². The van der Waals surface area contributed by atoms with Gasteiger partial charge in [0.1, 0.15) is 10.6 Å². The van der Waals surface area contributed by atoms with Crippen LogP contribution >= 0.6 is 11.3 Å². The van der Waals surface area contributed by atoms with Crippen LogP contribution in [0.3, 0.4) is 0 Å². The summed E-state index contributed by atoms with van der Waals surface area (Å²) in [5.74, 6) is -0.00643. The minimum absolute atomic E-state index is 0.187. The maximum atomic E-state index is 12.8. The van der Waals surface area contributed by atoms with Gasteiger partial charge in [0, 0.05) is 18.0 Å². The zero-order chi connectivity index (χ0) is 20.4. The first-order chi connectivity index (χ1) is 13.9. The molecular formula is C21H19N5O2S. The second kappa shape index (κ2) is 7.48. The summed E-state index contributed by atoms with van der Waals surface area (Å²) in [4.78, 5) is 30.3. The Labute approximate surface area is 171 Å². The van der Waals surface area contributed by atoms with E-state index < -0.39 is 5.54 Å². The molecule has 4 rings (SSSR count). The highest BCUT2D eigenvalue weighted by Gasteiger charge is 2.25.